The Morgan fingerprint density at radius 1 is 1.12 bits per heavy atom. The van der Waals surface area contributed by atoms with Crippen molar-refractivity contribution < 1.29 is 9.90 Å². The molecule has 0 heterocycles. The number of fused-ring (bicyclic) bond motifs is 1. The number of aliphatic hydroxyl groups excluding tert-OH is 1. The molecule has 3 nitrogen and oxygen atoms in total. The van der Waals surface area contributed by atoms with Gasteiger partial charge in [-0.05, 0) is 41.2 Å². The van der Waals surface area contributed by atoms with E-state index in [1.165, 1.54) is 0 Å². The number of Topliss-reactive ketones (excluding diaryl/α,β-unsaturated/α-hetero) is 1. The van der Waals surface area contributed by atoms with Gasteiger partial charge in [-0.1, -0.05) is 51.1 Å². The molecule has 0 radical (unpaired) electrons. The molecule has 0 aromatic heterocycles. The average molecular weight is 335 g/mol. The topological polar surface area (TPSA) is 49.7 Å². The summed E-state index contributed by atoms with van der Waals surface area (Å²) in [6.07, 6.45) is 2.45. The molecule has 3 heteroatoms. The molecule has 0 aliphatic heterocycles. The summed E-state index contributed by atoms with van der Waals surface area (Å²) < 4.78 is 0. The fourth-order valence-corrected chi connectivity index (χ4v) is 3.47. The fraction of sp³-hybridized carbons (Fsp3) is 0.364. The molecule has 1 saturated carbocycles. The molecule has 1 aliphatic rings. The molecule has 25 heavy (non-hydrogen) atoms. The van der Waals surface area contributed by atoms with Crippen molar-refractivity contribution in [3.63, 3.8) is 0 Å². The Bertz CT molecular complexity index is 874. The van der Waals surface area contributed by atoms with Crippen LogP contribution in [0.25, 0.3) is 10.8 Å². The van der Waals surface area contributed by atoms with Gasteiger partial charge in [0.05, 0.1) is 17.0 Å². The van der Waals surface area contributed by atoms with E-state index in [9.17, 15) is 9.90 Å². The van der Waals surface area contributed by atoms with Crippen LogP contribution in [0, 0.1) is 5.41 Å². The zero-order valence-corrected chi connectivity index (χ0v) is 15.2. The second kappa shape index (κ2) is 6.83. The average Bonchev–Trinajstić information content (AvgIpc) is 2.53. The Kier molecular flexibility index (Phi) is 4.76. The third-order valence-electron chi connectivity index (χ3n) is 4.63. The number of carbonyl (C=O) groups excluding carboxylic acids is 1. The van der Waals surface area contributed by atoms with Crippen molar-refractivity contribution >= 4 is 28.0 Å². The van der Waals surface area contributed by atoms with Gasteiger partial charge >= 0.3 is 0 Å². The molecule has 1 fully saturated rings. The van der Waals surface area contributed by atoms with E-state index in [1.807, 2.05) is 37.3 Å². The molecule has 2 aromatic rings. The van der Waals surface area contributed by atoms with Crippen LogP contribution < -0.4 is 0 Å². The SMILES string of the molecule is CCC/C(O)=C1\C(=O)CC(C)(C)CC1=Nc1ccc2ccccc2c1. The van der Waals surface area contributed by atoms with Gasteiger partial charge in [0, 0.05) is 12.8 Å². The summed E-state index contributed by atoms with van der Waals surface area (Å²) in [6, 6.07) is 14.2. The lowest BCUT2D eigenvalue weighted by atomic mass is 9.73. The number of allylic oxidation sites excluding steroid dienone is 2. The van der Waals surface area contributed by atoms with Crippen molar-refractivity contribution in [1.29, 1.82) is 0 Å². The molecule has 0 unspecified atom stereocenters. The lowest BCUT2D eigenvalue weighted by molar-refractivity contribution is -0.117. The monoisotopic (exact) mass is 335 g/mol. The highest BCUT2D eigenvalue weighted by molar-refractivity contribution is 6.25. The Labute approximate surface area is 149 Å². The summed E-state index contributed by atoms with van der Waals surface area (Å²) in [5, 5.41) is 12.7. The van der Waals surface area contributed by atoms with Gasteiger partial charge < -0.3 is 5.11 Å². The van der Waals surface area contributed by atoms with E-state index in [0.717, 1.165) is 22.9 Å². The van der Waals surface area contributed by atoms with E-state index >= 15 is 0 Å². The molecule has 0 amide bonds. The predicted molar refractivity (Wildman–Crippen MR) is 104 cm³/mol. The minimum Gasteiger partial charge on any atom is -0.511 e. The normalized spacial score (nSPS) is 20.9. The van der Waals surface area contributed by atoms with Crippen LogP contribution in [0.3, 0.4) is 0 Å². The summed E-state index contributed by atoms with van der Waals surface area (Å²) >= 11 is 0. The summed E-state index contributed by atoms with van der Waals surface area (Å²) in [5.41, 5.74) is 1.83. The molecule has 0 atom stereocenters. The van der Waals surface area contributed by atoms with Crippen molar-refractivity contribution in [3.05, 3.63) is 53.8 Å². The summed E-state index contributed by atoms with van der Waals surface area (Å²) in [6.45, 7) is 6.15. The first-order valence-corrected chi connectivity index (χ1v) is 8.92. The number of benzene rings is 2. The zero-order valence-electron chi connectivity index (χ0n) is 15.2. The number of hydrogen-bond acceptors (Lipinski definition) is 3. The smallest absolute Gasteiger partial charge is 0.168 e. The van der Waals surface area contributed by atoms with Gasteiger partial charge in [-0.3, -0.25) is 9.79 Å². The van der Waals surface area contributed by atoms with Crippen molar-refractivity contribution in [1.82, 2.24) is 0 Å². The molecule has 0 bridgehead atoms. The van der Waals surface area contributed by atoms with Gasteiger partial charge in [0.15, 0.2) is 5.78 Å². The Morgan fingerprint density at radius 2 is 1.84 bits per heavy atom. The quantitative estimate of drug-likeness (QED) is 0.559. The zero-order chi connectivity index (χ0) is 18.0. The standard InChI is InChI=1S/C22H25NO2/c1-4-7-19(24)21-18(13-22(2,3)14-20(21)25)23-17-11-10-15-8-5-6-9-16(15)12-17/h5-6,8-12,24H,4,7,13-14H2,1-3H3/b21-19+,23-18?. The van der Waals surface area contributed by atoms with Crippen LogP contribution in [-0.4, -0.2) is 16.6 Å². The molecular weight excluding hydrogens is 310 g/mol. The number of nitrogens with zero attached hydrogens (tertiary/aromatic N) is 1. The van der Waals surface area contributed by atoms with E-state index in [-0.39, 0.29) is 17.0 Å². The van der Waals surface area contributed by atoms with Crippen LogP contribution >= 0.6 is 0 Å². The van der Waals surface area contributed by atoms with E-state index in [2.05, 4.69) is 26.0 Å². The molecule has 0 saturated heterocycles. The Morgan fingerprint density at radius 3 is 2.56 bits per heavy atom. The molecular formula is C22H25NO2. The number of ketones is 1. The maximum absolute atomic E-state index is 12.6. The van der Waals surface area contributed by atoms with E-state index in [4.69, 9.17) is 4.99 Å². The number of hydrogen-bond donors (Lipinski definition) is 1. The van der Waals surface area contributed by atoms with Crippen LogP contribution in [0.4, 0.5) is 5.69 Å². The number of rotatable bonds is 3. The largest absolute Gasteiger partial charge is 0.511 e. The lowest BCUT2D eigenvalue weighted by Crippen LogP contribution is -2.32. The first kappa shape index (κ1) is 17.4. The maximum Gasteiger partial charge on any atom is 0.168 e. The van der Waals surface area contributed by atoms with Gasteiger partial charge in [0.1, 0.15) is 5.76 Å². The second-order valence-corrected chi connectivity index (χ2v) is 7.60. The molecule has 2 aromatic carbocycles. The highest BCUT2D eigenvalue weighted by Crippen LogP contribution is 2.37. The molecule has 1 N–H and O–H groups in total. The van der Waals surface area contributed by atoms with Gasteiger partial charge in [-0.25, -0.2) is 0 Å². The molecule has 3 rings (SSSR count). The minimum atomic E-state index is -0.136. The highest BCUT2D eigenvalue weighted by atomic mass is 16.3. The van der Waals surface area contributed by atoms with E-state index < -0.39 is 0 Å². The highest BCUT2D eigenvalue weighted by Gasteiger charge is 2.36. The first-order chi connectivity index (χ1) is 11.9. The Hall–Kier alpha value is -2.42. The summed E-state index contributed by atoms with van der Waals surface area (Å²) in [4.78, 5) is 17.4. The van der Waals surface area contributed by atoms with Crippen LogP contribution in [0.1, 0.15) is 46.5 Å². The summed E-state index contributed by atoms with van der Waals surface area (Å²) in [7, 11) is 0. The van der Waals surface area contributed by atoms with Crippen LogP contribution in [-0.2, 0) is 4.79 Å². The third kappa shape index (κ3) is 3.81. The number of aliphatic hydroxyl groups is 1. The maximum atomic E-state index is 12.6. The van der Waals surface area contributed by atoms with Gasteiger partial charge in [-0.2, -0.15) is 0 Å². The minimum absolute atomic E-state index is 0.00161. The van der Waals surface area contributed by atoms with Gasteiger partial charge in [-0.15, -0.1) is 0 Å². The van der Waals surface area contributed by atoms with E-state index in [1.54, 1.807) is 0 Å². The lowest BCUT2D eigenvalue weighted by Gasteiger charge is -2.31. The number of carbonyl (C=O) groups is 1. The number of aliphatic imine (C=N–C) groups is 1. The van der Waals surface area contributed by atoms with Crippen molar-refractivity contribution in [2.45, 2.75) is 46.5 Å². The van der Waals surface area contributed by atoms with Crippen molar-refractivity contribution in [2.24, 2.45) is 10.4 Å². The van der Waals surface area contributed by atoms with Crippen LogP contribution in [0.5, 0.6) is 0 Å². The second-order valence-electron chi connectivity index (χ2n) is 7.60. The van der Waals surface area contributed by atoms with Gasteiger partial charge in [0.2, 0.25) is 0 Å². The van der Waals surface area contributed by atoms with Gasteiger partial charge in [0.25, 0.3) is 0 Å². The van der Waals surface area contributed by atoms with Crippen molar-refractivity contribution in [3.8, 4) is 0 Å². The Balaban J connectivity index is 2.09. The third-order valence-corrected chi connectivity index (χ3v) is 4.63. The molecule has 0 spiro atoms. The predicted octanol–water partition coefficient (Wildman–Crippen LogP) is 5.91. The molecule has 130 valence electrons. The van der Waals surface area contributed by atoms with Crippen LogP contribution in [0.2, 0.25) is 0 Å². The summed E-state index contributed by atoms with van der Waals surface area (Å²) in [5.74, 6) is 0.185. The fourth-order valence-electron chi connectivity index (χ4n) is 3.47. The molecule has 1 aliphatic carbocycles. The van der Waals surface area contributed by atoms with Crippen molar-refractivity contribution in [2.75, 3.05) is 0 Å². The van der Waals surface area contributed by atoms with E-state index in [0.29, 0.717) is 30.5 Å². The van der Waals surface area contributed by atoms with Crippen LogP contribution in [0.15, 0.2) is 58.8 Å². The first-order valence-electron chi connectivity index (χ1n) is 8.92.